The van der Waals surface area contributed by atoms with Crippen LogP contribution < -0.4 is 4.90 Å². The van der Waals surface area contributed by atoms with E-state index in [1.807, 2.05) is 41.3 Å². The van der Waals surface area contributed by atoms with E-state index in [4.69, 9.17) is 0 Å². The second-order valence-electron chi connectivity index (χ2n) is 6.37. The SMILES string of the molecule is CCC[NH+]1CCN(C(=O)/C(=C\c2ccccc2)n2nnnc2C)CC1. The number of piperazine rings is 1. The van der Waals surface area contributed by atoms with Crippen LogP contribution in [0.2, 0.25) is 0 Å². The van der Waals surface area contributed by atoms with E-state index >= 15 is 0 Å². The van der Waals surface area contributed by atoms with E-state index in [-0.39, 0.29) is 5.91 Å². The molecule has 7 heteroatoms. The summed E-state index contributed by atoms with van der Waals surface area (Å²) in [6.07, 6.45) is 3.03. The van der Waals surface area contributed by atoms with Crippen LogP contribution in [0.4, 0.5) is 0 Å². The third-order valence-electron chi connectivity index (χ3n) is 4.54. The summed E-state index contributed by atoms with van der Waals surface area (Å²) in [5, 5.41) is 11.6. The van der Waals surface area contributed by atoms with Crippen molar-refractivity contribution in [3.63, 3.8) is 0 Å². The molecular weight excluding hydrogens is 316 g/mol. The molecule has 0 bridgehead atoms. The number of aromatic nitrogens is 4. The zero-order valence-electron chi connectivity index (χ0n) is 14.9. The van der Waals surface area contributed by atoms with Gasteiger partial charge in [0.2, 0.25) is 0 Å². The molecule has 1 amide bonds. The zero-order chi connectivity index (χ0) is 17.6. The topological polar surface area (TPSA) is 68.3 Å². The smallest absolute Gasteiger partial charge is 0.273 e. The summed E-state index contributed by atoms with van der Waals surface area (Å²) in [6.45, 7) is 8.69. The van der Waals surface area contributed by atoms with Crippen molar-refractivity contribution >= 4 is 17.7 Å². The minimum Gasteiger partial charge on any atom is -0.332 e. The minimum absolute atomic E-state index is 0.0187. The van der Waals surface area contributed by atoms with Crippen molar-refractivity contribution in [2.45, 2.75) is 20.3 Å². The summed E-state index contributed by atoms with van der Waals surface area (Å²) in [5.41, 5.74) is 1.45. The van der Waals surface area contributed by atoms with Crippen LogP contribution in [0.5, 0.6) is 0 Å². The van der Waals surface area contributed by atoms with Gasteiger partial charge in [-0.3, -0.25) is 4.79 Å². The number of hydrogen-bond acceptors (Lipinski definition) is 4. The summed E-state index contributed by atoms with van der Waals surface area (Å²) in [6, 6.07) is 9.80. The Kier molecular flexibility index (Phi) is 5.55. The molecule has 0 unspecified atom stereocenters. The maximum absolute atomic E-state index is 13.1. The number of nitrogens with one attached hydrogen (secondary N) is 1. The Hall–Kier alpha value is -2.54. The van der Waals surface area contributed by atoms with E-state index in [0.29, 0.717) is 11.5 Å². The lowest BCUT2D eigenvalue weighted by molar-refractivity contribution is -0.904. The lowest BCUT2D eigenvalue weighted by Crippen LogP contribution is -3.14. The number of carbonyl (C=O) groups is 1. The Labute approximate surface area is 147 Å². The quantitative estimate of drug-likeness (QED) is 0.784. The van der Waals surface area contributed by atoms with Gasteiger partial charge in [-0.25, -0.2) is 0 Å². The Morgan fingerprint density at radius 2 is 1.96 bits per heavy atom. The maximum Gasteiger partial charge on any atom is 0.273 e. The highest BCUT2D eigenvalue weighted by Gasteiger charge is 2.27. The first kappa shape index (κ1) is 17.3. The number of benzene rings is 1. The van der Waals surface area contributed by atoms with Gasteiger partial charge in [-0.1, -0.05) is 37.3 Å². The molecule has 7 nitrogen and oxygen atoms in total. The molecule has 0 spiro atoms. The number of nitrogens with zero attached hydrogens (tertiary/aromatic N) is 5. The van der Waals surface area contributed by atoms with E-state index in [0.717, 1.165) is 31.7 Å². The summed E-state index contributed by atoms with van der Waals surface area (Å²) in [5.74, 6) is 0.584. The highest BCUT2D eigenvalue weighted by molar-refractivity contribution is 6.18. The molecule has 0 aliphatic carbocycles. The van der Waals surface area contributed by atoms with Gasteiger partial charge in [-0.05, 0) is 35.4 Å². The first-order chi connectivity index (χ1) is 12.2. The van der Waals surface area contributed by atoms with Gasteiger partial charge in [0.25, 0.3) is 5.91 Å². The van der Waals surface area contributed by atoms with E-state index < -0.39 is 0 Å². The minimum atomic E-state index is -0.0187. The van der Waals surface area contributed by atoms with Crippen molar-refractivity contribution in [2.75, 3.05) is 32.7 Å². The fourth-order valence-electron chi connectivity index (χ4n) is 3.17. The molecule has 132 valence electrons. The van der Waals surface area contributed by atoms with Crippen molar-refractivity contribution in [1.82, 2.24) is 25.1 Å². The van der Waals surface area contributed by atoms with E-state index in [1.165, 1.54) is 17.6 Å². The Bertz CT molecular complexity index is 731. The van der Waals surface area contributed by atoms with Crippen LogP contribution in [0.15, 0.2) is 30.3 Å². The Balaban J connectivity index is 1.84. The average molecular weight is 341 g/mol. The highest BCUT2D eigenvalue weighted by atomic mass is 16.2. The molecule has 1 fully saturated rings. The molecule has 0 radical (unpaired) electrons. The first-order valence-corrected chi connectivity index (χ1v) is 8.84. The fraction of sp³-hybridized carbons (Fsp3) is 0.444. The molecule has 1 aromatic carbocycles. The van der Waals surface area contributed by atoms with Crippen molar-refractivity contribution in [3.05, 3.63) is 41.7 Å². The summed E-state index contributed by atoms with van der Waals surface area (Å²) in [4.78, 5) is 16.6. The number of amides is 1. The lowest BCUT2D eigenvalue weighted by atomic mass is 10.1. The zero-order valence-corrected chi connectivity index (χ0v) is 14.9. The molecule has 0 atom stereocenters. The van der Waals surface area contributed by atoms with Crippen LogP contribution in [0.1, 0.15) is 24.7 Å². The standard InChI is InChI=1S/C18H24N6O/c1-3-9-22-10-12-23(13-11-22)18(25)17(24-15(2)19-20-21-24)14-16-7-5-4-6-8-16/h4-8,14H,3,9-13H2,1-2H3/p+1/b17-14+. The molecular formula is C18H25N6O+. The molecule has 1 saturated heterocycles. The molecule has 2 aromatic rings. The number of rotatable bonds is 5. The third kappa shape index (κ3) is 4.11. The molecule has 1 aliphatic rings. The predicted octanol–water partition coefficient (Wildman–Crippen LogP) is 0.117. The van der Waals surface area contributed by atoms with Gasteiger partial charge in [0.05, 0.1) is 32.7 Å². The van der Waals surface area contributed by atoms with E-state index in [9.17, 15) is 4.79 Å². The van der Waals surface area contributed by atoms with E-state index in [1.54, 1.807) is 11.8 Å². The van der Waals surface area contributed by atoms with Gasteiger partial charge >= 0.3 is 0 Å². The second kappa shape index (κ2) is 8.02. The maximum atomic E-state index is 13.1. The molecule has 1 N–H and O–H groups in total. The summed E-state index contributed by atoms with van der Waals surface area (Å²) < 4.78 is 1.53. The predicted molar refractivity (Wildman–Crippen MR) is 95.6 cm³/mol. The third-order valence-corrected chi connectivity index (χ3v) is 4.54. The van der Waals surface area contributed by atoms with E-state index in [2.05, 4.69) is 22.4 Å². The van der Waals surface area contributed by atoms with Crippen LogP contribution in [-0.4, -0.2) is 63.7 Å². The van der Waals surface area contributed by atoms with Crippen LogP contribution >= 0.6 is 0 Å². The van der Waals surface area contributed by atoms with Gasteiger partial charge in [0, 0.05) is 0 Å². The van der Waals surface area contributed by atoms with Gasteiger partial charge in [0.1, 0.15) is 5.70 Å². The number of hydrogen-bond donors (Lipinski definition) is 1. The van der Waals surface area contributed by atoms with Crippen molar-refractivity contribution in [1.29, 1.82) is 0 Å². The van der Waals surface area contributed by atoms with Crippen LogP contribution in [-0.2, 0) is 4.79 Å². The number of quaternary nitrogens is 1. The van der Waals surface area contributed by atoms with Gasteiger partial charge in [-0.2, -0.15) is 4.68 Å². The molecule has 25 heavy (non-hydrogen) atoms. The lowest BCUT2D eigenvalue weighted by Gasteiger charge is -2.32. The first-order valence-electron chi connectivity index (χ1n) is 8.84. The fourth-order valence-corrected chi connectivity index (χ4v) is 3.17. The second-order valence-corrected chi connectivity index (χ2v) is 6.37. The van der Waals surface area contributed by atoms with Gasteiger partial charge in [0.15, 0.2) is 5.82 Å². The molecule has 3 rings (SSSR count). The monoisotopic (exact) mass is 341 g/mol. The van der Waals surface area contributed by atoms with Crippen LogP contribution in [0.25, 0.3) is 11.8 Å². The normalized spacial score (nSPS) is 16.2. The number of aryl methyl sites for hydroxylation is 1. The van der Waals surface area contributed by atoms with Crippen molar-refractivity contribution < 1.29 is 9.69 Å². The molecule has 1 aliphatic heterocycles. The van der Waals surface area contributed by atoms with Gasteiger partial charge in [-0.15, -0.1) is 5.10 Å². The molecule has 1 aromatic heterocycles. The van der Waals surface area contributed by atoms with Crippen molar-refractivity contribution in [2.24, 2.45) is 0 Å². The summed E-state index contributed by atoms with van der Waals surface area (Å²) >= 11 is 0. The van der Waals surface area contributed by atoms with Crippen molar-refractivity contribution in [3.8, 4) is 0 Å². The molecule has 0 saturated carbocycles. The van der Waals surface area contributed by atoms with Gasteiger partial charge < -0.3 is 9.80 Å². The Morgan fingerprint density at radius 3 is 2.56 bits per heavy atom. The number of tetrazole rings is 1. The number of carbonyl (C=O) groups excluding carboxylic acids is 1. The average Bonchev–Trinajstić information content (AvgIpc) is 3.07. The largest absolute Gasteiger partial charge is 0.332 e. The highest BCUT2D eigenvalue weighted by Crippen LogP contribution is 2.15. The Morgan fingerprint density at radius 1 is 1.24 bits per heavy atom. The molecule has 2 heterocycles. The van der Waals surface area contributed by atoms with Crippen LogP contribution in [0.3, 0.4) is 0 Å². The van der Waals surface area contributed by atoms with Crippen LogP contribution in [0, 0.1) is 6.92 Å². The summed E-state index contributed by atoms with van der Waals surface area (Å²) in [7, 11) is 0.